The number of benzene rings is 3. The maximum Gasteiger partial charge on any atom is 0.340 e. The Morgan fingerprint density at radius 3 is 2.39 bits per heavy atom. The molecule has 0 N–H and O–H groups in total. The third-order valence-corrected chi connectivity index (χ3v) is 4.90. The van der Waals surface area contributed by atoms with Crippen molar-refractivity contribution in [1.82, 2.24) is 0 Å². The van der Waals surface area contributed by atoms with Gasteiger partial charge in [0.05, 0.1) is 17.9 Å². The second-order valence-corrected chi connectivity index (χ2v) is 7.15. The first-order chi connectivity index (χ1) is 16.0. The van der Waals surface area contributed by atoms with Gasteiger partial charge in [-0.1, -0.05) is 42.5 Å². The van der Waals surface area contributed by atoms with Crippen LogP contribution < -0.4 is 15.5 Å². The minimum Gasteiger partial charge on any atom is -0.462 e. The highest BCUT2D eigenvalue weighted by Gasteiger charge is 2.22. The van der Waals surface area contributed by atoms with Gasteiger partial charge in [0, 0.05) is 24.4 Å². The molecule has 0 aliphatic carbocycles. The number of rotatable bonds is 6. The summed E-state index contributed by atoms with van der Waals surface area (Å²) in [5, 5.41) is 1.72. The van der Waals surface area contributed by atoms with E-state index >= 15 is 0 Å². The molecule has 166 valence electrons. The molecule has 0 bridgehead atoms. The third-order valence-electron chi connectivity index (χ3n) is 4.90. The Hall–Kier alpha value is -4.39. The number of carbonyl (C=O) groups is 2. The standard InChI is InChI=1S/C26H21NO6/c1-3-31-26(30)21-11-7-8-12-23(21)27(17(2)28)33-19-13-14-20-22(18-9-5-4-6-10-18)16-25(29)32-24(20)15-19/h4-16H,3H2,1-2H3. The van der Waals surface area contributed by atoms with Gasteiger partial charge in [0.15, 0.2) is 5.75 Å². The van der Waals surface area contributed by atoms with Crippen LogP contribution in [0.25, 0.3) is 22.1 Å². The summed E-state index contributed by atoms with van der Waals surface area (Å²) in [6.45, 7) is 3.21. The second kappa shape index (κ2) is 9.40. The Labute approximate surface area is 189 Å². The van der Waals surface area contributed by atoms with Crippen molar-refractivity contribution in [3.05, 3.63) is 94.8 Å². The van der Waals surface area contributed by atoms with Crippen LogP contribution in [0, 0.1) is 0 Å². The van der Waals surface area contributed by atoms with Crippen LogP contribution >= 0.6 is 0 Å². The smallest absolute Gasteiger partial charge is 0.340 e. The first-order valence-corrected chi connectivity index (χ1v) is 10.4. The molecule has 1 amide bonds. The molecular formula is C26H21NO6. The Morgan fingerprint density at radius 2 is 1.67 bits per heavy atom. The summed E-state index contributed by atoms with van der Waals surface area (Å²) in [7, 11) is 0. The summed E-state index contributed by atoms with van der Waals surface area (Å²) in [6.07, 6.45) is 0. The van der Waals surface area contributed by atoms with Crippen molar-refractivity contribution in [2.75, 3.05) is 11.7 Å². The lowest BCUT2D eigenvalue weighted by Crippen LogP contribution is -2.33. The molecule has 0 spiro atoms. The number of hydroxylamine groups is 1. The zero-order valence-electron chi connectivity index (χ0n) is 18.1. The lowest BCUT2D eigenvalue weighted by Gasteiger charge is -2.23. The third kappa shape index (κ3) is 4.62. The number of fused-ring (bicyclic) bond motifs is 1. The molecule has 0 atom stereocenters. The molecule has 4 rings (SSSR count). The molecular weight excluding hydrogens is 422 g/mol. The van der Waals surface area contributed by atoms with Crippen LogP contribution in [-0.4, -0.2) is 18.5 Å². The molecule has 0 unspecified atom stereocenters. The number of para-hydroxylation sites is 1. The molecule has 1 heterocycles. The largest absolute Gasteiger partial charge is 0.462 e. The van der Waals surface area contributed by atoms with Crippen molar-refractivity contribution in [1.29, 1.82) is 0 Å². The van der Waals surface area contributed by atoms with Crippen molar-refractivity contribution in [3.8, 4) is 16.9 Å². The van der Waals surface area contributed by atoms with Gasteiger partial charge < -0.3 is 14.0 Å². The SMILES string of the molecule is CCOC(=O)c1ccccc1N(Oc1ccc2c(-c3ccccc3)cc(=O)oc2c1)C(C)=O. The van der Waals surface area contributed by atoms with Gasteiger partial charge in [0.1, 0.15) is 5.58 Å². The van der Waals surface area contributed by atoms with Crippen LogP contribution in [0.5, 0.6) is 5.75 Å². The number of esters is 1. The average Bonchev–Trinajstić information content (AvgIpc) is 2.82. The Kier molecular flexibility index (Phi) is 6.22. The number of hydrogen-bond acceptors (Lipinski definition) is 6. The summed E-state index contributed by atoms with van der Waals surface area (Å²) < 4.78 is 10.5. The molecule has 0 fully saturated rings. The van der Waals surface area contributed by atoms with E-state index in [2.05, 4.69) is 0 Å². The lowest BCUT2D eigenvalue weighted by molar-refractivity contribution is -0.120. The summed E-state index contributed by atoms with van der Waals surface area (Å²) >= 11 is 0. The molecule has 0 radical (unpaired) electrons. The number of hydrogen-bond donors (Lipinski definition) is 0. The van der Waals surface area contributed by atoms with Gasteiger partial charge in [-0.25, -0.2) is 9.59 Å². The van der Waals surface area contributed by atoms with E-state index in [-0.39, 0.29) is 23.6 Å². The molecule has 7 heteroatoms. The quantitative estimate of drug-likeness (QED) is 0.237. The van der Waals surface area contributed by atoms with Crippen LogP contribution in [0.1, 0.15) is 24.2 Å². The van der Waals surface area contributed by atoms with Crippen molar-refractivity contribution in [2.24, 2.45) is 0 Å². The van der Waals surface area contributed by atoms with Gasteiger partial charge >= 0.3 is 11.6 Å². The molecule has 0 aliphatic rings. The minimum atomic E-state index is -0.569. The zero-order valence-corrected chi connectivity index (χ0v) is 18.1. The molecule has 3 aromatic carbocycles. The van der Waals surface area contributed by atoms with Crippen LogP contribution in [0.4, 0.5) is 5.69 Å². The van der Waals surface area contributed by atoms with E-state index in [1.54, 1.807) is 43.3 Å². The molecule has 7 nitrogen and oxygen atoms in total. The van der Waals surface area contributed by atoms with Gasteiger partial charge in [-0.15, -0.1) is 5.06 Å². The first-order valence-electron chi connectivity index (χ1n) is 10.4. The predicted molar refractivity (Wildman–Crippen MR) is 124 cm³/mol. The van der Waals surface area contributed by atoms with Crippen molar-refractivity contribution in [2.45, 2.75) is 13.8 Å². The second-order valence-electron chi connectivity index (χ2n) is 7.15. The number of carbonyl (C=O) groups excluding carboxylic acids is 2. The van der Waals surface area contributed by atoms with Crippen LogP contribution in [0.2, 0.25) is 0 Å². The average molecular weight is 443 g/mol. The van der Waals surface area contributed by atoms with E-state index in [4.69, 9.17) is 14.0 Å². The molecule has 1 aromatic heterocycles. The van der Waals surface area contributed by atoms with Crippen LogP contribution in [-0.2, 0) is 9.53 Å². The molecule has 0 saturated heterocycles. The molecule has 4 aromatic rings. The van der Waals surface area contributed by atoms with Crippen molar-refractivity contribution < 1.29 is 23.6 Å². The van der Waals surface area contributed by atoms with Gasteiger partial charge in [-0.05, 0) is 42.3 Å². The number of nitrogens with zero attached hydrogens (tertiary/aromatic N) is 1. The summed E-state index contributed by atoms with van der Waals surface area (Å²) in [4.78, 5) is 42.8. The van der Waals surface area contributed by atoms with Gasteiger partial charge in [-0.3, -0.25) is 4.79 Å². The number of anilines is 1. The van der Waals surface area contributed by atoms with E-state index < -0.39 is 17.5 Å². The maximum atomic E-state index is 12.4. The Balaban J connectivity index is 1.75. The summed E-state index contributed by atoms with van der Waals surface area (Å²) in [5.74, 6) is -0.768. The van der Waals surface area contributed by atoms with Crippen molar-refractivity contribution in [3.63, 3.8) is 0 Å². The fraction of sp³-hybridized carbons (Fsp3) is 0.115. The fourth-order valence-electron chi connectivity index (χ4n) is 3.48. The van der Waals surface area contributed by atoms with Crippen LogP contribution in [0.3, 0.4) is 0 Å². The molecule has 0 aliphatic heterocycles. The van der Waals surface area contributed by atoms with E-state index in [0.29, 0.717) is 5.58 Å². The van der Waals surface area contributed by atoms with Gasteiger partial charge in [0.25, 0.3) is 5.91 Å². The monoisotopic (exact) mass is 443 g/mol. The van der Waals surface area contributed by atoms with Gasteiger partial charge in [-0.2, -0.15) is 0 Å². The first kappa shape index (κ1) is 21.8. The van der Waals surface area contributed by atoms with Crippen molar-refractivity contribution >= 4 is 28.5 Å². The number of ether oxygens (including phenoxy) is 1. The summed E-state index contributed by atoms with van der Waals surface area (Å²) in [6, 6.07) is 22.4. The maximum absolute atomic E-state index is 12.4. The number of amides is 1. The fourth-order valence-corrected chi connectivity index (χ4v) is 3.48. The highest BCUT2D eigenvalue weighted by Crippen LogP contribution is 2.31. The minimum absolute atomic E-state index is 0.188. The van der Waals surface area contributed by atoms with Gasteiger partial charge in [0.2, 0.25) is 0 Å². The zero-order chi connectivity index (χ0) is 23.4. The van der Waals surface area contributed by atoms with E-state index in [1.165, 1.54) is 19.1 Å². The van der Waals surface area contributed by atoms with E-state index in [1.807, 2.05) is 30.3 Å². The summed E-state index contributed by atoms with van der Waals surface area (Å²) in [5.41, 5.74) is 1.83. The molecule has 33 heavy (non-hydrogen) atoms. The Bertz CT molecular complexity index is 1380. The predicted octanol–water partition coefficient (Wildman–Crippen LogP) is 4.98. The van der Waals surface area contributed by atoms with E-state index in [9.17, 15) is 14.4 Å². The van der Waals surface area contributed by atoms with Crippen LogP contribution in [0.15, 0.2) is 88.1 Å². The highest BCUT2D eigenvalue weighted by molar-refractivity contribution is 6.01. The topological polar surface area (TPSA) is 86.0 Å². The molecule has 0 saturated carbocycles. The van der Waals surface area contributed by atoms with E-state index in [0.717, 1.165) is 21.6 Å². The highest BCUT2D eigenvalue weighted by atomic mass is 16.7. The lowest BCUT2D eigenvalue weighted by atomic mass is 10.0. The normalized spacial score (nSPS) is 10.6. The Morgan fingerprint density at radius 1 is 0.939 bits per heavy atom.